The van der Waals surface area contributed by atoms with Gasteiger partial charge in [-0.15, -0.1) is 0 Å². The van der Waals surface area contributed by atoms with Crippen LogP contribution in [0.3, 0.4) is 0 Å². The van der Waals surface area contributed by atoms with Crippen LogP contribution in [-0.2, 0) is 16.0 Å². The summed E-state index contributed by atoms with van der Waals surface area (Å²) in [6, 6.07) is 14.7. The van der Waals surface area contributed by atoms with Crippen molar-refractivity contribution in [3.63, 3.8) is 0 Å². The number of hydrazone groups is 1. The normalized spacial score (nSPS) is 18.7. The van der Waals surface area contributed by atoms with Crippen LogP contribution in [-0.4, -0.2) is 30.1 Å². The van der Waals surface area contributed by atoms with Gasteiger partial charge in [-0.25, -0.2) is 0 Å². The molecule has 2 aliphatic heterocycles. The first-order chi connectivity index (χ1) is 12.6. The molecule has 0 bridgehead atoms. The number of primary amides is 1. The summed E-state index contributed by atoms with van der Waals surface area (Å²) < 4.78 is 0. The minimum absolute atomic E-state index is 0.150. The van der Waals surface area contributed by atoms with Crippen molar-refractivity contribution in [3.8, 4) is 0 Å². The molecule has 2 N–H and O–H groups in total. The van der Waals surface area contributed by atoms with Gasteiger partial charge in [-0.05, 0) is 36.6 Å². The molecule has 0 saturated carbocycles. The van der Waals surface area contributed by atoms with E-state index in [1.807, 2.05) is 49.4 Å². The Balaban J connectivity index is 1.67. The fourth-order valence-electron chi connectivity index (χ4n) is 3.69. The number of carbonyl (C=O) groups is 2. The number of rotatable bonds is 3. The molecule has 26 heavy (non-hydrogen) atoms. The number of fused-ring (bicyclic) bond motifs is 1. The number of nitrogens with two attached hydrogens (primary N) is 1. The SMILES string of the molecule is Cc1cccc2c1N(C(=O)C1=NN(c3ccccc3)C(C(N)=O)C1)CC2. The summed E-state index contributed by atoms with van der Waals surface area (Å²) in [5, 5.41) is 6.03. The number of amides is 2. The van der Waals surface area contributed by atoms with E-state index in [1.54, 1.807) is 9.91 Å². The van der Waals surface area contributed by atoms with Crippen LogP contribution < -0.4 is 15.6 Å². The van der Waals surface area contributed by atoms with Gasteiger partial charge in [0.25, 0.3) is 5.91 Å². The zero-order valence-corrected chi connectivity index (χ0v) is 14.6. The molecule has 0 fully saturated rings. The summed E-state index contributed by atoms with van der Waals surface area (Å²) in [5.41, 5.74) is 9.88. The molecule has 0 spiro atoms. The van der Waals surface area contributed by atoms with E-state index in [-0.39, 0.29) is 12.3 Å². The van der Waals surface area contributed by atoms with E-state index in [9.17, 15) is 9.59 Å². The van der Waals surface area contributed by atoms with Crippen molar-refractivity contribution in [2.45, 2.75) is 25.8 Å². The maximum atomic E-state index is 13.1. The molecule has 0 aliphatic carbocycles. The molecule has 0 aromatic heterocycles. The predicted molar refractivity (Wildman–Crippen MR) is 101 cm³/mol. The lowest BCUT2D eigenvalue weighted by atomic mass is 10.1. The molecule has 2 amide bonds. The van der Waals surface area contributed by atoms with Gasteiger partial charge in [-0.2, -0.15) is 5.10 Å². The van der Waals surface area contributed by atoms with Crippen LogP contribution in [0.15, 0.2) is 53.6 Å². The Morgan fingerprint density at radius 3 is 2.62 bits per heavy atom. The van der Waals surface area contributed by atoms with Crippen molar-refractivity contribution in [1.29, 1.82) is 0 Å². The summed E-state index contributed by atoms with van der Waals surface area (Å²) in [7, 11) is 0. The largest absolute Gasteiger partial charge is 0.368 e. The Kier molecular flexibility index (Phi) is 3.95. The second-order valence-electron chi connectivity index (χ2n) is 6.64. The van der Waals surface area contributed by atoms with E-state index in [4.69, 9.17) is 5.73 Å². The molecule has 6 nitrogen and oxygen atoms in total. The average molecular weight is 348 g/mol. The molecule has 6 heteroatoms. The number of anilines is 2. The molecule has 2 heterocycles. The predicted octanol–water partition coefficient (Wildman–Crippen LogP) is 2.00. The molecule has 1 atom stereocenters. The second kappa shape index (κ2) is 6.29. The third-order valence-electron chi connectivity index (χ3n) is 4.95. The number of nitrogens with zero attached hydrogens (tertiary/aromatic N) is 3. The molecule has 132 valence electrons. The van der Waals surface area contributed by atoms with E-state index >= 15 is 0 Å². The van der Waals surface area contributed by atoms with Crippen molar-refractivity contribution in [2.24, 2.45) is 10.8 Å². The highest BCUT2D eigenvalue weighted by Crippen LogP contribution is 2.33. The Morgan fingerprint density at radius 1 is 1.12 bits per heavy atom. The van der Waals surface area contributed by atoms with Crippen LogP contribution in [0.4, 0.5) is 11.4 Å². The third kappa shape index (κ3) is 2.63. The number of hydrogen-bond donors (Lipinski definition) is 1. The van der Waals surface area contributed by atoms with Gasteiger partial charge in [0, 0.05) is 13.0 Å². The van der Waals surface area contributed by atoms with Gasteiger partial charge in [-0.1, -0.05) is 36.4 Å². The van der Waals surface area contributed by atoms with Crippen LogP contribution in [0.5, 0.6) is 0 Å². The maximum absolute atomic E-state index is 13.1. The molecule has 0 radical (unpaired) electrons. The summed E-state index contributed by atoms with van der Waals surface area (Å²) in [6.45, 7) is 2.63. The van der Waals surface area contributed by atoms with Gasteiger partial charge in [0.05, 0.1) is 11.4 Å². The Bertz CT molecular complexity index is 907. The van der Waals surface area contributed by atoms with Crippen molar-refractivity contribution < 1.29 is 9.59 Å². The van der Waals surface area contributed by atoms with E-state index in [0.717, 1.165) is 23.4 Å². The lowest BCUT2D eigenvalue weighted by molar-refractivity contribution is -0.119. The van der Waals surface area contributed by atoms with E-state index in [2.05, 4.69) is 11.2 Å². The highest BCUT2D eigenvalue weighted by Gasteiger charge is 2.38. The zero-order chi connectivity index (χ0) is 18.3. The molecular formula is C20H20N4O2. The Hall–Kier alpha value is -3.15. The molecule has 1 unspecified atom stereocenters. The number of aryl methyl sites for hydroxylation is 1. The van der Waals surface area contributed by atoms with E-state index in [0.29, 0.717) is 12.3 Å². The maximum Gasteiger partial charge on any atom is 0.274 e. The minimum atomic E-state index is -0.643. The summed E-state index contributed by atoms with van der Waals surface area (Å²) in [5.74, 6) is -0.638. The van der Waals surface area contributed by atoms with E-state index in [1.165, 1.54) is 5.56 Å². The topological polar surface area (TPSA) is 79.0 Å². The monoisotopic (exact) mass is 348 g/mol. The highest BCUT2D eigenvalue weighted by atomic mass is 16.2. The van der Waals surface area contributed by atoms with Crippen LogP contribution >= 0.6 is 0 Å². The molecule has 2 aromatic carbocycles. The van der Waals surface area contributed by atoms with Gasteiger partial charge in [0.15, 0.2) is 0 Å². The van der Waals surface area contributed by atoms with Crippen LogP contribution in [0.1, 0.15) is 17.5 Å². The van der Waals surface area contributed by atoms with Crippen molar-refractivity contribution in [1.82, 2.24) is 0 Å². The fraction of sp³-hybridized carbons (Fsp3) is 0.250. The van der Waals surface area contributed by atoms with Crippen LogP contribution in [0.2, 0.25) is 0 Å². The number of carbonyl (C=O) groups excluding carboxylic acids is 2. The van der Waals surface area contributed by atoms with Gasteiger partial charge in [-0.3, -0.25) is 14.6 Å². The molecule has 4 rings (SSSR count). The molecular weight excluding hydrogens is 328 g/mol. The third-order valence-corrected chi connectivity index (χ3v) is 4.95. The number of benzene rings is 2. The smallest absolute Gasteiger partial charge is 0.274 e. The summed E-state index contributed by atoms with van der Waals surface area (Å²) in [6.07, 6.45) is 1.05. The van der Waals surface area contributed by atoms with Crippen molar-refractivity contribution in [3.05, 3.63) is 59.7 Å². The molecule has 0 saturated heterocycles. The zero-order valence-electron chi connectivity index (χ0n) is 14.6. The molecule has 2 aliphatic rings. The van der Waals surface area contributed by atoms with Gasteiger partial charge >= 0.3 is 0 Å². The first-order valence-corrected chi connectivity index (χ1v) is 8.67. The Morgan fingerprint density at radius 2 is 1.88 bits per heavy atom. The van der Waals surface area contributed by atoms with Crippen molar-refractivity contribution in [2.75, 3.05) is 16.5 Å². The second-order valence-corrected chi connectivity index (χ2v) is 6.64. The lowest BCUT2D eigenvalue weighted by Gasteiger charge is -2.20. The lowest BCUT2D eigenvalue weighted by Crippen LogP contribution is -2.40. The summed E-state index contributed by atoms with van der Waals surface area (Å²) >= 11 is 0. The summed E-state index contributed by atoms with van der Waals surface area (Å²) in [4.78, 5) is 26.8. The van der Waals surface area contributed by atoms with Gasteiger partial charge in [0.1, 0.15) is 11.8 Å². The number of para-hydroxylation sites is 2. The quantitative estimate of drug-likeness (QED) is 0.921. The van der Waals surface area contributed by atoms with E-state index < -0.39 is 11.9 Å². The highest BCUT2D eigenvalue weighted by molar-refractivity contribution is 6.45. The van der Waals surface area contributed by atoms with Gasteiger partial charge in [0.2, 0.25) is 5.91 Å². The number of hydrogen-bond acceptors (Lipinski definition) is 4. The first-order valence-electron chi connectivity index (χ1n) is 8.67. The first kappa shape index (κ1) is 16.3. The average Bonchev–Trinajstić information content (AvgIpc) is 3.27. The van der Waals surface area contributed by atoms with Crippen molar-refractivity contribution >= 4 is 28.9 Å². The minimum Gasteiger partial charge on any atom is -0.368 e. The van der Waals surface area contributed by atoms with Crippen LogP contribution in [0, 0.1) is 6.92 Å². The van der Waals surface area contributed by atoms with Crippen LogP contribution in [0.25, 0.3) is 0 Å². The fourth-order valence-corrected chi connectivity index (χ4v) is 3.69. The molecule has 2 aromatic rings. The van der Waals surface area contributed by atoms with Gasteiger partial charge < -0.3 is 10.6 Å². The Labute approximate surface area is 151 Å². The standard InChI is InChI=1S/C20H20N4O2/c1-13-6-5-7-14-10-11-23(18(13)14)20(26)16-12-17(19(21)25)24(22-16)15-8-3-2-4-9-15/h2-9,17H,10-12H2,1H3,(H2,21,25).